The Balaban J connectivity index is 3.50. The second-order valence-electron chi connectivity index (χ2n) is 3.15. The minimum atomic E-state index is -1.20. The van der Waals surface area contributed by atoms with Crippen LogP contribution in [0.1, 0.15) is 0 Å². The van der Waals surface area contributed by atoms with Crippen molar-refractivity contribution in [3.05, 3.63) is 0 Å². The molecule has 0 aromatic heterocycles. The number of carboxylic acids is 2. The predicted octanol–water partition coefficient (Wildman–Crippen LogP) is -2.62. The second kappa shape index (κ2) is 9.79. The van der Waals surface area contributed by atoms with Gasteiger partial charge in [0.15, 0.2) is 0 Å². The fourth-order valence-corrected chi connectivity index (χ4v) is 0.806. The molecule has 0 aromatic carbocycles. The maximum atomic E-state index is 11.0. The number of carbonyl (C=O) groups is 4. The zero-order valence-corrected chi connectivity index (χ0v) is 9.88. The molecule has 10 nitrogen and oxygen atoms in total. The van der Waals surface area contributed by atoms with Crippen LogP contribution < -0.4 is 10.6 Å². The summed E-state index contributed by atoms with van der Waals surface area (Å²) in [6.45, 7) is -2.29. The van der Waals surface area contributed by atoms with Crippen molar-refractivity contribution in [3.8, 4) is 0 Å². The first kappa shape index (κ1) is 16.8. The number of hydrogen-bond donors (Lipinski definition) is 4. The molecular formula is C9H14N2O8. The monoisotopic (exact) mass is 278 g/mol. The van der Waals surface area contributed by atoms with Crippen molar-refractivity contribution in [3.63, 3.8) is 0 Å². The van der Waals surface area contributed by atoms with Gasteiger partial charge in [-0.15, -0.1) is 0 Å². The number of nitrogens with one attached hydrogen (secondary N) is 2. The zero-order chi connectivity index (χ0) is 14.7. The molecule has 0 aromatic rings. The van der Waals surface area contributed by atoms with Crippen LogP contribution in [-0.2, 0) is 28.7 Å². The summed E-state index contributed by atoms with van der Waals surface area (Å²) in [5, 5.41) is 20.9. The van der Waals surface area contributed by atoms with Crippen molar-refractivity contribution in [2.45, 2.75) is 0 Å². The van der Waals surface area contributed by atoms with Gasteiger partial charge in [0.1, 0.15) is 26.4 Å². The van der Waals surface area contributed by atoms with Gasteiger partial charge >= 0.3 is 11.9 Å². The van der Waals surface area contributed by atoms with E-state index in [9.17, 15) is 19.2 Å². The van der Waals surface area contributed by atoms with Gasteiger partial charge in [-0.05, 0) is 0 Å². The van der Waals surface area contributed by atoms with E-state index in [1.165, 1.54) is 0 Å². The SMILES string of the molecule is O=C(O)COCC(=O)NCNC(=O)COCC(=O)O. The van der Waals surface area contributed by atoms with Crippen LogP contribution in [0.4, 0.5) is 0 Å². The summed E-state index contributed by atoms with van der Waals surface area (Å²) in [6, 6.07) is 0. The van der Waals surface area contributed by atoms with Crippen LogP contribution in [-0.4, -0.2) is 67.1 Å². The highest BCUT2D eigenvalue weighted by Crippen LogP contribution is 1.77. The molecular weight excluding hydrogens is 264 g/mol. The van der Waals surface area contributed by atoms with Crippen molar-refractivity contribution in [2.24, 2.45) is 0 Å². The summed E-state index contributed by atoms with van der Waals surface area (Å²) in [5.74, 6) is -3.60. The van der Waals surface area contributed by atoms with E-state index in [-0.39, 0.29) is 6.67 Å². The standard InChI is InChI=1S/C9H14N2O8/c12-6(1-18-3-8(14)15)10-5-11-7(13)2-19-4-9(16)17/h1-5H2,(H,10,12)(H,11,13)(H,14,15)(H,16,17). The number of hydrogen-bond acceptors (Lipinski definition) is 6. The lowest BCUT2D eigenvalue weighted by Gasteiger charge is -2.07. The Morgan fingerprint density at radius 3 is 1.42 bits per heavy atom. The van der Waals surface area contributed by atoms with Crippen LogP contribution in [0.2, 0.25) is 0 Å². The molecule has 0 rings (SSSR count). The normalized spacial score (nSPS) is 9.68. The van der Waals surface area contributed by atoms with Crippen LogP contribution in [0, 0.1) is 0 Å². The maximum absolute atomic E-state index is 11.0. The van der Waals surface area contributed by atoms with E-state index in [2.05, 4.69) is 20.1 Å². The quantitative estimate of drug-likeness (QED) is 0.317. The van der Waals surface area contributed by atoms with Crippen LogP contribution in [0.25, 0.3) is 0 Å². The number of aliphatic carboxylic acids is 2. The third-order valence-corrected chi connectivity index (χ3v) is 1.49. The van der Waals surface area contributed by atoms with Gasteiger partial charge in [0.05, 0.1) is 6.67 Å². The summed E-state index contributed by atoms with van der Waals surface area (Å²) >= 11 is 0. The summed E-state index contributed by atoms with van der Waals surface area (Å²) in [4.78, 5) is 42.2. The van der Waals surface area contributed by atoms with Gasteiger partial charge in [-0.2, -0.15) is 0 Å². The summed E-state index contributed by atoms with van der Waals surface area (Å²) < 4.78 is 8.98. The maximum Gasteiger partial charge on any atom is 0.329 e. The Hall–Kier alpha value is -2.20. The fourth-order valence-electron chi connectivity index (χ4n) is 0.806. The first-order chi connectivity index (χ1) is 8.91. The first-order valence-electron chi connectivity index (χ1n) is 5.04. The predicted molar refractivity (Wildman–Crippen MR) is 58.1 cm³/mol. The molecule has 0 saturated carbocycles. The molecule has 0 radical (unpaired) electrons. The number of rotatable bonds is 10. The average molecular weight is 278 g/mol. The number of ether oxygens (including phenoxy) is 2. The third-order valence-electron chi connectivity index (χ3n) is 1.49. The molecule has 0 fully saturated rings. The van der Waals surface area contributed by atoms with Gasteiger partial charge in [0.2, 0.25) is 11.8 Å². The highest BCUT2D eigenvalue weighted by atomic mass is 16.5. The molecule has 0 heterocycles. The van der Waals surface area contributed by atoms with Gasteiger partial charge in [-0.3, -0.25) is 9.59 Å². The number of carbonyl (C=O) groups excluding carboxylic acids is 2. The van der Waals surface area contributed by atoms with Crippen LogP contribution >= 0.6 is 0 Å². The topological polar surface area (TPSA) is 151 Å². The largest absolute Gasteiger partial charge is 0.480 e. The molecule has 0 saturated heterocycles. The van der Waals surface area contributed by atoms with Crippen LogP contribution in [0.15, 0.2) is 0 Å². The van der Waals surface area contributed by atoms with E-state index in [1.807, 2.05) is 0 Å². The summed E-state index contributed by atoms with van der Waals surface area (Å²) in [5.41, 5.74) is 0. The summed E-state index contributed by atoms with van der Waals surface area (Å²) in [6.07, 6.45) is 0. The molecule has 0 unspecified atom stereocenters. The highest BCUT2D eigenvalue weighted by molar-refractivity contribution is 5.80. The van der Waals surface area contributed by atoms with Crippen LogP contribution in [0.3, 0.4) is 0 Å². The van der Waals surface area contributed by atoms with E-state index in [0.717, 1.165) is 0 Å². The minimum absolute atomic E-state index is 0.204. The molecule has 0 spiro atoms. The Morgan fingerprint density at radius 1 is 0.737 bits per heavy atom. The van der Waals surface area contributed by atoms with Gasteiger partial charge < -0.3 is 30.3 Å². The van der Waals surface area contributed by atoms with Crippen LogP contribution in [0.5, 0.6) is 0 Å². The van der Waals surface area contributed by atoms with Crippen molar-refractivity contribution in [1.29, 1.82) is 0 Å². The molecule has 4 N–H and O–H groups in total. The molecule has 19 heavy (non-hydrogen) atoms. The van der Waals surface area contributed by atoms with E-state index in [1.54, 1.807) is 0 Å². The highest BCUT2D eigenvalue weighted by Gasteiger charge is 2.05. The Kier molecular flexibility index (Phi) is 8.66. The first-order valence-corrected chi connectivity index (χ1v) is 5.04. The smallest absolute Gasteiger partial charge is 0.329 e. The van der Waals surface area contributed by atoms with E-state index < -0.39 is 50.2 Å². The average Bonchev–Trinajstić information content (AvgIpc) is 2.27. The van der Waals surface area contributed by atoms with Crippen molar-refractivity contribution in [1.82, 2.24) is 10.6 Å². The zero-order valence-electron chi connectivity index (χ0n) is 9.88. The van der Waals surface area contributed by atoms with Crippen molar-refractivity contribution < 1.29 is 38.9 Å². The summed E-state index contributed by atoms with van der Waals surface area (Å²) in [7, 11) is 0. The lowest BCUT2D eigenvalue weighted by Crippen LogP contribution is -2.40. The molecule has 0 aliphatic rings. The van der Waals surface area contributed by atoms with Gasteiger partial charge in [0.25, 0.3) is 0 Å². The minimum Gasteiger partial charge on any atom is -0.480 e. The second-order valence-corrected chi connectivity index (χ2v) is 3.15. The van der Waals surface area contributed by atoms with Crippen molar-refractivity contribution in [2.75, 3.05) is 33.1 Å². The fraction of sp³-hybridized carbons (Fsp3) is 0.556. The number of carboxylic acid groups (broad SMARTS) is 2. The van der Waals surface area contributed by atoms with Gasteiger partial charge in [-0.1, -0.05) is 0 Å². The molecule has 108 valence electrons. The van der Waals surface area contributed by atoms with Gasteiger partial charge in [0, 0.05) is 0 Å². The Morgan fingerprint density at radius 2 is 1.11 bits per heavy atom. The molecule has 0 bridgehead atoms. The lowest BCUT2D eigenvalue weighted by molar-refractivity contribution is -0.144. The molecule has 0 atom stereocenters. The molecule has 10 heteroatoms. The van der Waals surface area contributed by atoms with Crippen molar-refractivity contribution >= 4 is 23.8 Å². The lowest BCUT2D eigenvalue weighted by atomic mass is 10.6. The number of amides is 2. The van der Waals surface area contributed by atoms with E-state index in [0.29, 0.717) is 0 Å². The molecule has 2 amide bonds. The Labute approximate surface area is 107 Å². The molecule has 0 aliphatic carbocycles. The van der Waals surface area contributed by atoms with E-state index in [4.69, 9.17) is 10.2 Å². The third kappa shape index (κ3) is 12.1. The van der Waals surface area contributed by atoms with E-state index >= 15 is 0 Å². The Bertz CT molecular complexity index is 311. The van der Waals surface area contributed by atoms with Gasteiger partial charge in [-0.25, -0.2) is 9.59 Å². The molecule has 0 aliphatic heterocycles.